The van der Waals surface area contributed by atoms with E-state index in [1.165, 1.54) is 54.8 Å². The predicted molar refractivity (Wildman–Crippen MR) is 270 cm³/mol. The minimum absolute atomic E-state index is 0.00799. The number of ether oxygens (including phenoxy) is 8. The Morgan fingerprint density at radius 2 is 1.66 bits per heavy atom. The Morgan fingerprint density at radius 3 is 2.36 bits per heavy atom. The zero-order valence-electron chi connectivity index (χ0n) is 42.8. The largest absolute Gasteiger partial charge is 0.504 e. The summed E-state index contributed by atoms with van der Waals surface area (Å²) in [5.41, 5.74) is 2.28. The van der Waals surface area contributed by atoms with Crippen molar-refractivity contribution in [2.24, 2.45) is 11.8 Å². The van der Waals surface area contributed by atoms with Gasteiger partial charge in [0.1, 0.15) is 18.6 Å². The highest BCUT2D eigenvalue weighted by atomic mass is 32.2. The molecule has 4 fully saturated rings. The third-order valence-electron chi connectivity index (χ3n) is 16.9. The van der Waals surface area contributed by atoms with Gasteiger partial charge in [-0.05, 0) is 99.7 Å². The molecular formula is C53H60N4O17S2. The fourth-order valence-electron chi connectivity index (χ4n) is 13.4. The Labute approximate surface area is 447 Å². The first-order chi connectivity index (χ1) is 36.4. The third-order valence-corrected chi connectivity index (χ3v) is 18.8. The smallest absolute Gasteiger partial charge is 0.413 e. The number of esters is 3. The number of benzene rings is 3. The number of amides is 3. The van der Waals surface area contributed by atoms with Crippen LogP contribution in [0.1, 0.15) is 101 Å². The van der Waals surface area contributed by atoms with Gasteiger partial charge in [0.25, 0.3) is 0 Å². The number of imide groups is 1. The van der Waals surface area contributed by atoms with Gasteiger partial charge in [-0.1, -0.05) is 6.07 Å². The Morgan fingerprint density at radius 1 is 0.908 bits per heavy atom. The van der Waals surface area contributed by atoms with Gasteiger partial charge in [-0.2, -0.15) is 12.6 Å². The highest BCUT2D eigenvalue weighted by Crippen LogP contribution is 2.65. The number of thioether (sulfide) groups is 1. The van der Waals surface area contributed by atoms with E-state index in [-0.39, 0.29) is 90.5 Å². The lowest BCUT2D eigenvalue weighted by molar-refractivity contribution is -0.188. The van der Waals surface area contributed by atoms with E-state index in [1.54, 1.807) is 6.92 Å². The van der Waals surface area contributed by atoms with Crippen molar-refractivity contribution in [2.45, 2.75) is 112 Å². The van der Waals surface area contributed by atoms with Crippen molar-refractivity contribution in [1.82, 2.24) is 19.6 Å². The molecule has 3 aromatic rings. The van der Waals surface area contributed by atoms with Gasteiger partial charge < -0.3 is 53.2 Å². The number of thiol groups is 1. The molecule has 3 aromatic carbocycles. The Balaban J connectivity index is 0.975. The van der Waals surface area contributed by atoms with Crippen LogP contribution in [0.4, 0.5) is 4.79 Å². The summed E-state index contributed by atoms with van der Waals surface area (Å²) in [5, 5.41) is 34.7. The maximum atomic E-state index is 15.7. The van der Waals surface area contributed by atoms with E-state index in [0.29, 0.717) is 77.0 Å². The van der Waals surface area contributed by atoms with Crippen LogP contribution in [0.3, 0.4) is 0 Å². The summed E-state index contributed by atoms with van der Waals surface area (Å²) in [6.07, 6.45) is 0.334. The second-order valence-electron chi connectivity index (χ2n) is 20.9. The summed E-state index contributed by atoms with van der Waals surface area (Å²) in [5.74, 6) is -2.58. The Kier molecular flexibility index (Phi) is 13.5. The lowest BCUT2D eigenvalue weighted by Crippen LogP contribution is -2.70. The molecular weight excluding hydrogens is 1030 g/mol. The van der Waals surface area contributed by atoms with Gasteiger partial charge in [-0.15, -0.1) is 11.8 Å². The zero-order chi connectivity index (χ0) is 53.8. The van der Waals surface area contributed by atoms with Crippen LogP contribution >= 0.6 is 24.4 Å². The maximum absolute atomic E-state index is 15.7. The van der Waals surface area contributed by atoms with Crippen LogP contribution in [-0.4, -0.2) is 155 Å². The van der Waals surface area contributed by atoms with Gasteiger partial charge >= 0.3 is 24.0 Å². The lowest BCUT2D eigenvalue weighted by Gasteiger charge is -2.62. The molecule has 3 saturated heterocycles. The van der Waals surface area contributed by atoms with Crippen LogP contribution in [0.25, 0.3) is 0 Å². The topological polar surface area (TPSA) is 250 Å². The molecule has 0 aromatic heterocycles. The van der Waals surface area contributed by atoms with Crippen LogP contribution < -0.4 is 23.7 Å². The number of hydrogen-bond acceptors (Lipinski definition) is 21. The van der Waals surface area contributed by atoms with Crippen LogP contribution in [0.15, 0.2) is 18.2 Å². The molecule has 12 rings (SSSR count). The molecule has 21 nitrogen and oxygen atoms in total. The number of aliphatic hydroxyl groups excluding tert-OH is 1. The molecule has 1 unspecified atom stereocenters. The van der Waals surface area contributed by atoms with Crippen molar-refractivity contribution in [3.05, 3.63) is 62.7 Å². The van der Waals surface area contributed by atoms with E-state index in [1.807, 2.05) is 29.8 Å². The molecule has 406 valence electrons. The molecule has 8 heterocycles. The minimum atomic E-state index is -2.03. The lowest BCUT2D eigenvalue weighted by atomic mass is 9.73. The minimum Gasteiger partial charge on any atom is -0.504 e. The van der Waals surface area contributed by atoms with Gasteiger partial charge in [-0.3, -0.25) is 38.8 Å². The quantitative estimate of drug-likeness (QED) is 0.0789. The number of likely N-dealkylation sites (N-methyl/N-ethyl adjacent to an activating group) is 1. The van der Waals surface area contributed by atoms with E-state index >= 15 is 4.79 Å². The van der Waals surface area contributed by atoms with Crippen molar-refractivity contribution >= 4 is 60.2 Å². The number of nitrogens with zero attached hydrogens (tertiary/aromatic N) is 4. The average molecular weight is 1090 g/mol. The standard InChI is InChI=1S/C53H60N4O17S2/c1-23-13-29-14-31-48(62)57-32-19-69-51(65)53(20-76-47(41(57)40(54(31)4)37(29)42(61)43(23)68-6)39-38(32)46-45(70-21-71-46)24(2)44(39)74-25(3)58)30-16-34(67-5)33(59)15-28(30)11-12-56(53)52(66)73-22-72-50(64)27-9-7-26(8-10-27)18-55-36(60)17-35(75)49(55)63/h13,15-16,26-27,31-32,35,40-41,47-48,59,61-62,75H,7-12,14,17-22H2,1-6H3/t26?,27?,31-,32-,35?,40+,41+,47+,48-,53+/m0/s1. The number of aromatic hydroxyl groups is 2. The van der Waals surface area contributed by atoms with E-state index in [2.05, 4.69) is 12.6 Å². The SMILES string of the molecule is COc1cc2c(cc1O)CCN(C(=O)OCOC(=O)C1CCC(CN3C(=O)CC(S)C3=O)CC1)[C@]21CS[C@@H]2c3c(OC(C)=O)c(C)c4c(c3[C@H](COC1=O)N1[C@@H]2[C@H]2c3c(cc(C)c(OC)c3O)C[C@@H]([C@@H]1O)N2C)OCO4. The highest BCUT2D eigenvalue weighted by molar-refractivity contribution is 7.99. The Bertz CT molecular complexity index is 2970. The van der Waals surface area contributed by atoms with Crippen molar-refractivity contribution in [2.75, 3.05) is 60.3 Å². The van der Waals surface area contributed by atoms with Gasteiger partial charge in [0, 0.05) is 60.5 Å². The number of carbonyl (C=O) groups excluding carboxylic acids is 6. The van der Waals surface area contributed by atoms with Gasteiger partial charge in [-0.25, -0.2) is 9.59 Å². The van der Waals surface area contributed by atoms with Crippen LogP contribution in [0.2, 0.25) is 0 Å². The van der Waals surface area contributed by atoms with E-state index < -0.39 is 89.8 Å². The fraction of sp³-hybridized carbons (Fsp3) is 0.547. The number of aryl methyl sites for hydroxylation is 1. The first kappa shape index (κ1) is 51.9. The molecule has 3 amide bonds. The zero-order valence-corrected chi connectivity index (χ0v) is 44.5. The number of carbonyl (C=O) groups is 6. The molecule has 1 aliphatic carbocycles. The second kappa shape index (κ2) is 19.7. The van der Waals surface area contributed by atoms with Crippen LogP contribution in [0, 0.1) is 25.7 Å². The number of aliphatic hydroxyl groups is 1. The van der Waals surface area contributed by atoms with Crippen LogP contribution in [0.5, 0.6) is 40.2 Å². The number of methoxy groups -OCH3 is 2. The normalized spacial score (nSPS) is 29.5. The summed E-state index contributed by atoms with van der Waals surface area (Å²) >= 11 is 5.45. The van der Waals surface area contributed by atoms with E-state index in [0.717, 1.165) is 5.56 Å². The molecule has 4 bridgehead atoms. The summed E-state index contributed by atoms with van der Waals surface area (Å²) in [6, 6.07) is 1.94. The molecule has 3 N–H and O–H groups in total. The summed E-state index contributed by atoms with van der Waals surface area (Å²) in [6.45, 7) is 3.63. The summed E-state index contributed by atoms with van der Waals surface area (Å²) < 4.78 is 47.8. The molecule has 1 spiro atoms. The summed E-state index contributed by atoms with van der Waals surface area (Å²) in [4.78, 5) is 88.6. The predicted octanol–water partition coefficient (Wildman–Crippen LogP) is 4.63. The monoisotopic (exact) mass is 1090 g/mol. The van der Waals surface area contributed by atoms with Crippen LogP contribution in [-0.2, 0) is 56.6 Å². The van der Waals surface area contributed by atoms with Gasteiger partial charge in [0.2, 0.25) is 25.4 Å². The number of phenolic OH excluding ortho intramolecular Hbond substituents is 2. The van der Waals surface area contributed by atoms with Gasteiger partial charge in [0.15, 0.2) is 40.0 Å². The maximum Gasteiger partial charge on any atom is 0.413 e. The van der Waals surface area contributed by atoms with Crippen molar-refractivity contribution < 1.29 is 82.0 Å². The van der Waals surface area contributed by atoms with Crippen molar-refractivity contribution in [3.8, 4) is 40.2 Å². The molecule has 0 radical (unpaired) electrons. The van der Waals surface area contributed by atoms with Gasteiger partial charge in [0.05, 0.1) is 48.8 Å². The molecule has 8 atom stereocenters. The first-order valence-corrected chi connectivity index (χ1v) is 27.0. The van der Waals surface area contributed by atoms with Crippen molar-refractivity contribution in [1.29, 1.82) is 0 Å². The number of hydrogen-bond donors (Lipinski definition) is 4. The average Bonchev–Trinajstić information content (AvgIpc) is 4.08. The number of phenols is 2. The molecule has 9 aliphatic rings. The first-order valence-electron chi connectivity index (χ1n) is 25.4. The highest BCUT2D eigenvalue weighted by Gasteiger charge is 2.63. The molecule has 8 aliphatic heterocycles. The van der Waals surface area contributed by atoms with E-state index in [4.69, 9.17) is 37.9 Å². The van der Waals surface area contributed by atoms with Crippen molar-refractivity contribution in [3.63, 3.8) is 0 Å². The number of rotatable bonds is 8. The number of piperazine rings is 1. The van der Waals surface area contributed by atoms with E-state index in [9.17, 15) is 39.3 Å². The fourth-order valence-corrected chi connectivity index (χ4v) is 15.4. The number of likely N-dealkylation sites (tertiary alicyclic amines) is 1. The second-order valence-corrected chi connectivity index (χ2v) is 22.6. The molecule has 23 heteroatoms. The number of fused-ring (bicyclic) bond motifs is 9. The molecule has 76 heavy (non-hydrogen) atoms. The molecule has 1 saturated carbocycles. The third kappa shape index (κ3) is 8.07. The summed E-state index contributed by atoms with van der Waals surface area (Å²) in [7, 11) is 4.72. The Hall–Kier alpha value is -6.14.